The zero-order chi connectivity index (χ0) is 20.3. The molecule has 0 saturated carbocycles. The Morgan fingerprint density at radius 2 is 1.64 bits per heavy atom. The van der Waals surface area contributed by atoms with Gasteiger partial charge in [-0.05, 0) is 24.0 Å². The highest BCUT2D eigenvalue weighted by atomic mass is 16.5. The maximum absolute atomic E-state index is 13.1. The molecule has 1 aliphatic rings. The molecular formula is C21H32N4O3. The number of hydrogen-bond donors (Lipinski definition) is 1. The van der Waals surface area contributed by atoms with Gasteiger partial charge in [-0.3, -0.25) is 9.47 Å². The smallest absolute Gasteiger partial charge is 0.337 e. The molecule has 1 amide bonds. The van der Waals surface area contributed by atoms with E-state index in [2.05, 4.69) is 37.9 Å². The number of rotatable bonds is 6. The molecule has 1 aromatic carbocycles. The minimum Gasteiger partial charge on any atom is -0.379 e. The highest BCUT2D eigenvalue weighted by Gasteiger charge is 2.24. The van der Waals surface area contributed by atoms with Gasteiger partial charge in [0.2, 0.25) is 0 Å². The fraction of sp³-hybridized carbons (Fsp3) is 0.619. The zero-order valence-electron chi connectivity index (χ0n) is 17.4. The van der Waals surface area contributed by atoms with E-state index < -0.39 is 0 Å². The van der Waals surface area contributed by atoms with Gasteiger partial charge in [-0.25, -0.2) is 14.2 Å². The molecule has 7 nitrogen and oxygen atoms in total. The number of hydrogen-bond acceptors (Lipinski definition) is 4. The SMILES string of the molecule is CC(C)C(NC(=O)n1c(=O)n(CCN2CCOCC2)c2ccccc21)C(C)C. The molecule has 0 bridgehead atoms. The molecule has 0 atom stereocenters. The Kier molecular flexibility index (Phi) is 6.57. The second-order valence-electron chi connectivity index (χ2n) is 8.18. The van der Waals surface area contributed by atoms with Crippen LogP contribution in [0.3, 0.4) is 0 Å². The van der Waals surface area contributed by atoms with Gasteiger partial charge in [0.25, 0.3) is 0 Å². The minimum absolute atomic E-state index is 0.00913. The Labute approximate surface area is 166 Å². The first-order valence-corrected chi connectivity index (χ1v) is 10.2. The number of morpholine rings is 1. The van der Waals surface area contributed by atoms with Crippen LogP contribution in [0.25, 0.3) is 11.0 Å². The lowest BCUT2D eigenvalue weighted by Gasteiger charge is -2.26. The molecule has 0 unspecified atom stereocenters. The third-order valence-corrected chi connectivity index (χ3v) is 5.51. The van der Waals surface area contributed by atoms with E-state index >= 15 is 0 Å². The van der Waals surface area contributed by atoms with E-state index in [1.807, 2.05) is 24.3 Å². The second kappa shape index (κ2) is 8.92. The summed E-state index contributed by atoms with van der Waals surface area (Å²) in [6.07, 6.45) is 0. The lowest BCUT2D eigenvalue weighted by Crippen LogP contribution is -2.47. The monoisotopic (exact) mass is 388 g/mol. The van der Waals surface area contributed by atoms with Crippen molar-refractivity contribution < 1.29 is 9.53 Å². The van der Waals surface area contributed by atoms with Crippen molar-refractivity contribution in [2.45, 2.75) is 40.3 Å². The number of ether oxygens (including phenoxy) is 1. The van der Waals surface area contributed by atoms with E-state index in [0.717, 1.165) is 38.4 Å². The molecule has 1 saturated heterocycles. The van der Waals surface area contributed by atoms with Crippen molar-refractivity contribution in [3.8, 4) is 0 Å². The average Bonchev–Trinajstić information content (AvgIpc) is 2.96. The summed E-state index contributed by atoms with van der Waals surface area (Å²) in [6, 6.07) is 7.16. The third kappa shape index (κ3) is 4.31. The summed E-state index contributed by atoms with van der Waals surface area (Å²) in [5.41, 5.74) is 1.16. The van der Waals surface area contributed by atoms with Crippen molar-refractivity contribution in [1.29, 1.82) is 0 Å². The van der Waals surface area contributed by atoms with E-state index in [-0.39, 0.29) is 29.6 Å². The Bertz CT molecular complexity index is 854. The Morgan fingerprint density at radius 3 is 2.25 bits per heavy atom. The van der Waals surface area contributed by atoms with Gasteiger partial charge in [0.1, 0.15) is 0 Å². The van der Waals surface area contributed by atoms with Crippen molar-refractivity contribution in [1.82, 2.24) is 19.4 Å². The molecule has 7 heteroatoms. The van der Waals surface area contributed by atoms with Crippen LogP contribution in [0.2, 0.25) is 0 Å². The number of para-hydroxylation sites is 2. The number of carbonyl (C=O) groups is 1. The van der Waals surface area contributed by atoms with Gasteiger partial charge in [-0.2, -0.15) is 0 Å². The van der Waals surface area contributed by atoms with Crippen molar-refractivity contribution in [3.63, 3.8) is 0 Å². The van der Waals surface area contributed by atoms with Gasteiger partial charge in [0.05, 0.1) is 24.2 Å². The molecule has 154 valence electrons. The van der Waals surface area contributed by atoms with Crippen LogP contribution in [0.4, 0.5) is 4.79 Å². The molecular weight excluding hydrogens is 356 g/mol. The number of nitrogens with one attached hydrogen (secondary N) is 1. The van der Waals surface area contributed by atoms with Crippen LogP contribution in [0.5, 0.6) is 0 Å². The normalized spacial score (nSPS) is 15.8. The Balaban J connectivity index is 1.89. The first-order chi connectivity index (χ1) is 13.4. The topological polar surface area (TPSA) is 68.5 Å². The molecule has 28 heavy (non-hydrogen) atoms. The van der Waals surface area contributed by atoms with Gasteiger partial charge < -0.3 is 10.1 Å². The molecule has 2 heterocycles. The molecule has 1 aliphatic heterocycles. The van der Waals surface area contributed by atoms with E-state index in [9.17, 15) is 9.59 Å². The highest BCUT2D eigenvalue weighted by molar-refractivity contribution is 5.89. The maximum atomic E-state index is 13.1. The molecule has 1 fully saturated rings. The van der Waals surface area contributed by atoms with Crippen LogP contribution in [0, 0.1) is 11.8 Å². The number of benzene rings is 1. The molecule has 3 rings (SSSR count). The zero-order valence-corrected chi connectivity index (χ0v) is 17.4. The van der Waals surface area contributed by atoms with Gasteiger partial charge in [-0.15, -0.1) is 0 Å². The van der Waals surface area contributed by atoms with Gasteiger partial charge in [0.15, 0.2) is 0 Å². The fourth-order valence-electron chi connectivity index (χ4n) is 4.00. The number of imidazole rings is 1. The molecule has 2 aromatic rings. The van der Waals surface area contributed by atoms with Crippen molar-refractivity contribution in [2.75, 3.05) is 32.8 Å². The van der Waals surface area contributed by atoms with Gasteiger partial charge in [-0.1, -0.05) is 39.8 Å². The Hall–Kier alpha value is -2.12. The molecule has 0 radical (unpaired) electrons. The first-order valence-electron chi connectivity index (χ1n) is 10.2. The summed E-state index contributed by atoms with van der Waals surface area (Å²) in [5.74, 6) is 0.573. The van der Waals surface area contributed by atoms with Crippen LogP contribution in [0.1, 0.15) is 27.7 Å². The standard InChI is InChI=1S/C21H32N4O3/c1-15(2)19(16(3)4)22-20(26)25-18-8-6-5-7-17(18)24(21(25)27)10-9-23-11-13-28-14-12-23/h5-8,15-16,19H,9-14H2,1-4H3,(H,22,26). The summed E-state index contributed by atoms with van der Waals surface area (Å²) in [5, 5.41) is 3.07. The summed E-state index contributed by atoms with van der Waals surface area (Å²) in [6.45, 7) is 12.8. The van der Waals surface area contributed by atoms with Crippen LogP contribution in [-0.2, 0) is 11.3 Å². The number of aromatic nitrogens is 2. The Morgan fingerprint density at radius 1 is 1.04 bits per heavy atom. The molecule has 1 N–H and O–H groups in total. The number of carbonyl (C=O) groups excluding carboxylic acids is 1. The van der Waals surface area contributed by atoms with Crippen LogP contribution < -0.4 is 11.0 Å². The van der Waals surface area contributed by atoms with Crippen LogP contribution in [0.15, 0.2) is 29.1 Å². The number of fused-ring (bicyclic) bond motifs is 1. The lowest BCUT2D eigenvalue weighted by molar-refractivity contribution is 0.0364. The summed E-state index contributed by atoms with van der Waals surface area (Å²) in [7, 11) is 0. The van der Waals surface area contributed by atoms with E-state index in [0.29, 0.717) is 12.1 Å². The third-order valence-electron chi connectivity index (χ3n) is 5.51. The number of amides is 1. The van der Waals surface area contributed by atoms with E-state index in [1.54, 1.807) is 4.57 Å². The lowest BCUT2D eigenvalue weighted by atomic mass is 9.93. The highest BCUT2D eigenvalue weighted by Crippen LogP contribution is 2.15. The van der Waals surface area contributed by atoms with E-state index in [4.69, 9.17) is 4.74 Å². The van der Waals surface area contributed by atoms with Crippen molar-refractivity contribution in [2.24, 2.45) is 11.8 Å². The maximum Gasteiger partial charge on any atom is 0.337 e. The molecule has 1 aromatic heterocycles. The summed E-state index contributed by atoms with van der Waals surface area (Å²) < 4.78 is 8.39. The van der Waals surface area contributed by atoms with Crippen molar-refractivity contribution >= 4 is 17.1 Å². The minimum atomic E-state index is -0.348. The largest absolute Gasteiger partial charge is 0.379 e. The predicted molar refractivity (Wildman–Crippen MR) is 111 cm³/mol. The predicted octanol–water partition coefficient (Wildman–Crippen LogP) is 2.37. The quantitative estimate of drug-likeness (QED) is 0.825. The second-order valence-corrected chi connectivity index (χ2v) is 8.18. The summed E-state index contributed by atoms with van der Waals surface area (Å²) in [4.78, 5) is 28.5. The first kappa shape index (κ1) is 20.6. The van der Waals surface area contributed by atoms with Gasteiger partial charge in [0, 0.05) is 32.2 Å². The van der Waals surface area contributed by atoms with E-state index in [1.165, 1.54) is 4.57 Å². The van der Waals surface area contributed by atoms with Crippen LogP contribution in [-0.4, -0.2) is 59.0 Å². The fourth-order valence-corrected chi connectivity index (χ4v) is 4.00. The molecule has 0 spiro atoms. The summed E-state index contributed by atoms with van der Waals surface area (Å²) >= 11 is 0. The average molecular weight is 389 g/mol. The van der Waals surface area contributed by atoms with Gasteiger partial charge >= 0.3 is 11.7 Å². The molecule has 0 aliphatic carbocycles. The van der Waals surface area contributed by atoms with Crippen LogP contribution >= 0.6 is 0 Å². The number of nitrogens with zero attached hydrogens (tertiary/aromatic N) is 3. The van der Waals surface area contributed by atoms with Crippen molar-refractivity contribution in [3.05, 3.63) is 34.7 Å².